The maximum Gasteiger partial charge on any atom is 0.326 e. The Morgan fingerprint density at radius 1 is 1.08 bits per heavy atom. The third kappa shape index (κ3) is 9.66. The number of rotatable bonds is 14. The third-order valence-electron chi connectivity index (χ3n) is 6.36. The number of nitrogens with two attached hydrogens (primary N) is 3. The lowest BCUT2D eigenvalue weighted by molar-refractivity contribution is -0.149. The van der Waals surface area contributed by atoms with E-state index in [-0.39, 0.29) is 18.3 Å². The summed E-state index contributed by atoms with van der Waals surface area (Å²) in [6, 6.07) is 5.44. The Kier molecular flexibility index (Phi) is 12.0. The predicted octanol–water partition coefficient (Wildman–Crippen LogP) is -0.299. The molecular formula is C26H41N7O5. The summed E-state index contributed by atoms with van der Waals surface area (Å²) in [4.78, 5) is 56.5. The van der Waals surface area contributed by atoms with Gasteiger partial charge >= 0.3 is 5.97 Å². The van der Waals surface area contributed by atoms with Gasteiger partial charge in [0.05, 0.1) is 6.04 Å². The van der Waals surface area contributed by atoms with Crippen LogP contribution in [0.4, 0.5) is 0 Å². The molecule has 38 heavy (non-hydrogen) atoms. The van der Waals surface area contributed by atoms with Crippen LogP contribution in [0.2, 0.25) is 0 Å². The van der Waals surface area contributed by atoms with Crippen molar-refractivity contribution in [3.8, 4) is 0 Å². The van der Waals surface area contributed by atoms with Crippen LogP contribution in [0.25, 0.3) is 0 Å². The van der Waals surface area contributed by atoms with Gasteiger partial charge in [0.25, 0.3) is 0 Å². The summed E-state index contributed by atoms with van der Waals surface area (Å²) >= 11 is 0. The number of aliphatic imine (C=N–C) groups is 1. The van der Waals surface area contributed by atoms with E-state index in [1.54, 1.807) is 0 Å². The SMILES string of the molecule is CC(C)CC(NC(=O)C(N)CCCN=C(N)N)C(=O)NC(Cc1ccccc1)C(=O)N1CCCC1C(=O)O. The summed E-state index contributed by atoms with van der Waals surface area (Å²) in [7, 11) is 0. The molecule has 3 amide bonds. The molecule has 0 aliphatic carbocycles. The summed E-state index contributed by atoms with van der Waals surface area (Å²) in [6.07, 6.45) is 2.25. The Balaban J connectivity index is 2.16. The Morgan fingerprint density at radius 2 is 1.74 bits per heavy atom. The number of hydrogen-bond donors (Lipinski definition) is 6. The molecule has 0 spiro atoms. The molecule has 4 unspecified atom stereocenters. The van der Waals surface area contributed by atoms with E-state index in [1.807, 2.05) is 44.2 Å². The van der Waals surface area contributed by atoms with Crippen LogP contribution in [0.15, 0.2) is 35.3 Å². The lowest BCUT2D eigenvalue weighted by Crippen LogP contribution is -2.57. The minimum absolute atomic E-state index is 0.0418. The van der Waals surface area contributed by atoms with Gasteiger partial charge in [-0.2, -0.15) is 0 Å². The van der Waals surface area contributed by atoms with Crippen molar-refractivity contribution in [1.82, 2.24) is 15.5 Å². The smallest absolute Gasteiger partial charge is 0.326 e. The molecule has 2 rings (SSSR count). The first-order chi connectivity index (χ1) is 18.0. The monoisotopic (exact) mass is 531 g/mol. The zero-order valence-corrected chi connectivity index (χ0v) is 22.1. The predicted molar refractivity (Wildman–Crippen MR) is 144 cm³/mol. The van der Waals surface area contributed by atoms with E-state index in [0.29, 0.717) is 45.2 Å². The molecule has 1 saturated heterocycles. The van der Waals surface area contributed by atoms with Crippen molar-refractivity contribution in [3.05, 3.63) is 35.9 Å². The van der Waals surface area contributed by atoms with Crippen LogP contribution in [0, 0.1) is 5.92 Å². The van der Waals surface area contributed by atoms with Gasteiger partial charge in [-0.1, -0.05) is 44.2 Å². The average molecular weight is 532 g/mol. The number of amides is 3. The van der Waals surface area contributed by atoms with Crippen molar-refractivity contribution in [2.24, 2.45) is 28.1 Å². The first-order valence-electron chi connectivity index (χ1n) is 13.0. The first kappa shape index (κ1) is 30.6. The number of likely N-dealkylation sites (tertiary alicyclic amines) is 1. The molecule has 12 heteroatoms. The minimum Gasteiger partial charge on any atom is -0.480 e. The molecule has 1 aromatic rings. The van der Waals surface area contributed by atoms with Gasteiger partial charge in [0, 0.05) is 19.5 Å². The highest BCUT2D eigenvalue weighted by Gasteiger charge is 2.38. The highest BCUT2D eigenvalue weighted by Crippen LogP contribution is 2.20. The number of carbonyl (C=O) groups excluding carboxylic acids is 3. The van der Waals surface area contributed by atoms with E-state index in [0.717, 1.165) is 5.56 Å². The topological polar surface area (TPSA) is 206 Å². The van der Waals surface area contributed by atoms with Gasteiger partial charge in [-0.25, -0.2) is 4.79 Å². The van der Waals surface area contributed by atoms with Crippen molar-refractivity contribution in [3.63, 3.8) is 0 Å². The molecule has 9 N–H and O–H groups in total. The fourth-order valence-corrected chi connectivity index (χ4v) is 4.44. The molecule has 1 fully saturated rings. The van der Waals surface area contributed by atoms with E-state index in [2.05, 4.69) is 15.6 Å². The van der Waals surface area contributed by atoms with E-state index >= 15 is 0 Å². The largest absolute Gasteiger partial charge is 0.480 e. The normalized spacial score (nSPS) is 17.4. The number of hydrogen-bond acceptors (Lipinski definition) is 6. The Hall–Kier alpha value is -3.67. The number of nitrogens with zero attached hydrogens (tertiary/aromatic N) is 2. The van der Waals surface area contributed by atoms with Crippen LogP contribution in [0.5, 0.6) is 0 Å². The van der Waals surface area contributed by atoms with E-state index in [4.69, 9.17) is 17.2 Å². The van der Waals surface area contributed by atoms with Crippen molar-refractivity contribution in [1.29, 1.82) is 0 Å². The molecule has 12 nitrogen and oxygen atoms in total. The van der Waals surface area contributed by atoms with Crippen LogP contribution in [-0.2, 0) is 25.6 Å². The fourth-order valence-electron chi connectivity index (χ4n) is 4.44. The van der Waals surface area contributed by atoms with E-state index in [1.165, 1.54) is 4.90 Å². The number of aliphatic carboxylic acids is 1. The number of guanidine groups is 1. The Bertz CT molecular complexity index is 981. The highest BCUT2D eigenvalue weighted by atomic mass is 16.4. The van der Waals surface area contributed by atoms with Crippen molar-refractivity contribution in [2.45, 2.75) is 76.5 Å². The van der Waals surface area contributed by atoms with Gasteiger partial charge in [-0.05, 0) is 43.6 Å². The zero-order chi connectivity index (χ0) is 28.2. The maximum atomic E-state index is 13.5. The van der Waals surface area contributed by atoms with Gasteiger partial charge in [0.15, 0.2) is 5.96 Å². The van der Waals surface area contributed by atoms with Crippen LogP contribution in [-0.4, -0.2) is 76.9 Å². The molecule has 1 aliphatic heterocycles. The molecule has 1 aromatic carbocycles. The third-order valence-corrected chi connectivity index (χ3v) is 6.36. The highest BCUT2D eigenvalue weighted by molar-refractivity contribution is 5.94. The molecule has 0 bridgehead atoms. The first-order valence-corrected chi connectivity index (χ1v) is 13.0. The lowest BCUT2D eigenvalue weighted by atomic mass is 10.00. The molecular weight excluding hydrogens is 490 g/mol. The van der Waals surface area contributed by atoms with Gasteiger partial charge in [-0.3, -0.25) is 19.4 Å². The Morgan fingerprint density at radius 3 is 2.34 bits per heavy atom. The quantitative estimate of drug-likeness (QED) is 0.106. The standard InChI is InChI=1S/C26H41N7O5/c1-16(2)14-19(31-22(34)18(27)10-6-12-30-26(28)29)23(35)32-20(15-17-8-4-3-5-9-17)24(36)33-13-7-11-21(33)25(37)38/h3-5,8-9,16,18-21H,6-7,10-15,27H2,1-2H3,(H,31,34)(H,32,35)(H,37,38)(H4,28,29,30). The summed E-state index contributed by atoms with van der Waals surface area (Å²) in [5, 5.41) is 15.1. The maximum absolute atomic E-state index is 13.5. The summed E-state index contributed by atoms with van der Waals surface area (Å²) in [6.45, 7) is 4.46. The lowest BCUT2D eigenvalue weighted by Gasteiger charge is -2.29. The number of carboxylic acids is 1. The number of nitrogens with one attached hydrogen (secondary N) is 2. The zero-order valence-electron chi connectivity index (χ0n) is 22.1. The van der Waals surface area contributed by atoms with Crippen molar-refractivity contribution < 1.29 is 24.3 Å². The van der Waals surface area contributed by atoms with E-state index < -0.39 is 47.9 Å². The minimum atomic E-state index is -1.07. The molecule has 4 atom stereocenters. The van der Waals surface area contributed by atoms with Gasteiger partial charge < -0.3 is 37.8 Å². The molecule has 1 heterocycles. The van der Waals surface area contributed by atoms with Crippen LogP contribution in [0.3, 0.4) is 0 Å². The van der Waals surface area contributed by atoms with Gasteiger partial charge in [0.2, 0.25) is 17.7 Å². The second-order valence-electron chi connectivity index (χ2n) is 10.0. The Labute approximate surface area is 223 Å². The van der Waals surface area contributed by atoms with Crippen LogP contribution in [0.1, 0.15) is 51.5 Å². The number of benzene rings is 1. The number of carboxylic acid groups (broad SMARTS) is 1. The number of carbonyl (C=O) groups is 4. The van der Waals surface area contributed by atoms with Crippen molar-refractivity contribution >= 4 is 29.7 Å². The summed E-state index contributed by atoms with van der Waals surface area (Å²) in [5.41, 5.74) is 17.4. The molecule has 0 aromatic heterocycles. The van der Waals surface area contributed by atoms with Crippen molar-refractivity contribution in [2.75, 3.05) is 13.1 Å². The second-order valence-corrected chi connectivity index (χ2v) is 10.0. The fraction of sp³-hybridized carbons (Fsp3) is 0.577. The molecule has 210 valence electrons. The summed E-state index contributed by atoms with van der Waals surface area (Å²) < 4.78 is 0. The van der Waals surface area contributed by atoms with Gasteiger partial charge in [0.1, 0.15) is 18.1 Å². The molecule has 0 radical (unpaired) electrons. The van der Waals surface area contributed by atoms with Crippen LogP contribution >= 0.6 is 0 Å². The molecule has 1 aliphatic rings. The molecule has 0 saturated carbocycles. The average Bonchev–Trinajstić information content (AvgIpc) is 3.36. The van der Waals surface area contributed by atoms with E-state index in [9.17, 15) is 24.3 Å². The second kappa shape index (κ2) is 14.9. The van der Waals surface area contributed by atoms with Crippen LogP contribution < -0.4 is 27.8 Å². The van der Waals surface area contributed by atoms with Gasteiger partial charge in [-0.15, -0.1) is 0 Å². The summed E-state index contributed by atoms with van der Waals surface area (Å²) in [5.74, 6) is -2.54.